The van der Waals surface area contributed by atoms with Crippen LogP contribution in [-0.4, -0.2) is 29.1 Å². The second-order valence-corrected chi connectivity index (χ2v) is 5.80. The molecular formula is C18H22N2O. The van der Waals surface area contributed by atoms with Gasteiger partial charge in [-0.25, -0.2) is 0 Å². The highest BCUT2D eigenvalue weighted by molar-refractivity contribution is 5.35. The van der Waals surface area contributed by atoms with Crippen molar-refractivity contribution in [3.8, 4) is 5.75 Å². The van der Waals surface area contributed by atoms with E-state index in [-0.39, 0.29) is 12.1 Å². The second kappa shape index (κ2) is 6.29. The minimum absolute atomic E-state index is 0.207. The van der Waals surface area contributed by atoms with Crippen LogP contribution >= 0.6 is 0 Å². The normalized spacial score (nSPS) is 21.1. The Kier molecular flexibility index (Phi) is 4.23. The van der Waals surface area contributed by atoms with E-state index < -0.39 is 0 Å². The molecule has 0 amide bonds. The summed E-state index contributed by atoms with van der Waals surface area (Å²) in [6, 6.07) is 18.5. The molecule has 3 nitrogen and oxygen atoms in total. The number of hydrogen-bond donors (Lipinski definition) is 2. The van der Waals surface area contributed by atoms with Crippen molar-refractivity contribution in [3.05, 3.63) is 65.7 Å². The smallest absolute Gasteiger partial charge is 0.115 e. The van der Waals surface area contributed by atoms with Crippen molar-refractivity contribution < 1.29 is 5.11 Å². The Morgan fingerprint density at radius 3 is 2.33 bits per heavy atom. The van der Waals surface area contributed by atoms with Crippen LogP contribution in [-0.2, 0) is 0 Å². The first-order chi connectivity index (χ1) is 10.2. The topological polar surface area (TPSA) is 49.5 Å². The maximum Gasteiger partial charge on any atom is 0.115 e. The molecule has 1 saturated heterocycles. The summed E-state index contributed by atoms with van der Waals surface area (Å²) in [7, 11) is 0. The predicted molar refractivity (Wildman–Crippen MR) is 85.2 cm³/mol. The van der Waals surface area contributed by atoms with Crippen LogP contribution in [0, 0.1) is 0 Å². The first-order valence-electron chi connectivity index (χ1n) is 7.57. The lowest BCUT2D eigenvalue weighted by molar-refractivity contribution is 0.171. The molecule has 0 bridgehead atoms. The van der Waals surface area contributed by atoms with Crippen LogP contribution in [0.4, 0.5) is 0 Å². The highest BCUT2D eigenvalue weighted by Gasteiger charge is 2.26. The Labute approximate surface area is 126 Å². The number of phenols is 1. The highest BCUT2D eigenvalue weighted by Crippen LogP contribution is 2.31. The zero-order valence-corrected chi connectivity index (χ0v) is 12.2. The van der Waals surface area contributed by atoms with Crippen molar-refractivity contribution in [1.82, 2.24) is 4.90 Å². The Morgan fingerprint density at radius 1 is 1.00 bits per heavy atom. The lowest BCUT2D eigenvalue weighted by atomic mass is 9.94. The van der Waals surface area contributed by atoms with E-state index in [0.717, 1.165) is 25.9 Å². The predicted octanol–water partition coefficient (Wildman–Crippen LogP) is 2.90. The van der Waals surface area contributed by atoms with Crippen LogP contribution in [0.3, 0.4) is 0 Å². The first-order valence-corrected chi connectivity index (χ1v) is 7.57. The molecule has 0 spiro atoms. The first kappa shape index (κ1) is 14.1. The molecule has 3 N–H and O–H groups in total. The highest BCUT2D eigenvalue weighted by atomic mass is 16.3. The molecule has 3 heteroatoms. The summed E-state index contributed by atoms with van der Waals surface area (Å²) in [6.45, 7) is 1.98. The molecule has 3 rings (SSSR count). The van der Waals surface area contributed by atoms with E-state index in [1.165, 1.54) is 11.1 Å². The summed E-state index contributed by atoms with van der Waals surface area (Å²) in [4.78, 5) is 2.45. The maximum absolute atomic E-state index is 9.53. The molecule has 1 fully saturated rings. The van der Waals surface area contributed by atoms with Gasteiger partial charge in [0, 0.05) is 12.6 Å². The summed E-state index contributed by atoms with van der Waals surface area (Å²) in [5.41, 5.74) is 8.64. The minimum atomic E-state index is 0.207. The van der Waals surface area contributed by atoms with Gasteiger partial charge < -0.3 is 10.8 Å². The Balaban J connectivity index is 1.96. The standard InChI is InChI=1S/C18H22N2O/c19-16-7-4-12-20(13-16)18(14-5-2-1-3-6-14)15-8-10-17(21)11-9-15/h1-3,5-6,8-11,16,18,21H,4,7,12-13,19H2. The monoisotopic (exact) mass is 282 g/mol. The van der Waals surface area contributed by atoms with E-state index >= 15 is 0 Å². The number of piperidine rings is 1. The molecule has 1 aliphatic rings. The summed E-state index contributed by atoms with van der Waals surface area (Å²) in [5, 5.41) is 9.53. The van der Waals surface area contributed by atoms with Gasteiger partial charge in [0.05, 0.1) is 6.04 Å². The summed E-state index contributed by atoms with van der Waals surface area (Å²) in [6.07, 6.45) is 2.25. The fourth-order valence-corrected chi connectivity index (χ4v) is 3.18. The van der Waals surface area contributed by atoms with Crippen LogP contribution in [0.2, 0.25) is 0 Å². The second-order valence-electron chi connectivity index (χ2n) is 5.80. The van der Waals surface area contributed by atoms with Gasteiger partial charge in [0.25, 0.3) is 0 Å². The summed E-state index contributed by atoms with van der Waals surface area (Å²) in [5.74, 6) is 0.306. The molecule has 2 unspecified atom stereocenters. The van der Waals surface area contributed by atoms with E-state index in [4.69, 9.17) is 5.73 Å². The van der Waals surface area contributed by atoms with Crippen molar-refractivity contribution in [2.75, 3.05) is 13.1 Å². The van der Waals surface area contributed by atoms with Crippen LogP contribution in [0.15, 0.2) is 54.6 Å². The average molecular weight is 282 g/mol. The largest absolute Gasteiger partial charge is 0.508 e. The van der Waals surface area contributed by atoms with Crippen LogP contribution < -0.4 is 5.73 Å². The fraction of sp³-hybridized carbons (Fsp3) is 0.333. The van der Waals surface area contributed by atoms with Gasteiger partial charge in [0.15, 0.2) is 0 Å². The molecule has 0 aromatic heterocycles. The molecular weight excluding hydrogens is 260 g/mol. The van der Waals surface area contributed by atoms with Crippen LogP contribution in [0.1, 0.15) is 30.0 Å². The van der Waals surface area contributed by atoms with Crippen molar-refractivity contribution in [2.24, 2.45) is 5.73 Å². The van der Waals surface area contributed by atoms with E-state index in [9.17, 15) is 5.11 Å². The number of hydrogen-bond acceptors (Lipinski definition) is 3. The van der Waals surface area contributed by atoms with E-state index in [1.807, 2.05) is 18.2 Å². The summed E-state index contributed by atoms with van der Waals surface area (Å²) >= 11 is 0. The average Bonchev–Trinajstić information content (AvgIpc) is 2.51. The zero-order valence-electron chi connectivity index (χ0n) is 12.2. The molecule has 2 atom stereocenters. The number of nitrogens with two attached hydrogens (primary N) is 1. The van der Waals surface area contributed by atoms with Gasteiger partial charge in [-0.3, -0.25) is 4.90 Å². The van der Waals surface area contributed by atoms with Gasteiger partial charge >= 0.3 is 0 Å². The van der Waals surface area contributed by atoms with Gasteiger partial charge in [-0.05, 0) is 42.6 Å². The SMILES string of the molecule is NC1CCCN(C(c2ccccc2)c2ccc(O)cc2)C1. The molecule has 0 saturated carbocycles. The number of phenolic OH excluding ortho intramolecular Hbond substituents is 1. The minimum Gasteiger partial charge on any atom is -0.508 e. The van der Waals surface area contributed by atoms with Gasteiger partial charge in [-0.15, -0.1) is 0 Å². The van der Waals surface area contributed by atoms with Crippen molar-refractivity contribution in [3.63, 3.8) is 0 Å². The molecule has 1 heterocycles. The number of benzene rings is 2. The van der Waals surface area contributed by atoms with Gasteiger partial charge in [-0.2, -0.15) is 0 Å². The fourth-order valence-electron chi connectivity index (χ4n) is 3.18. The summed E-state index contributed by atoms with van der Waals surface area (Å²) < 4.78 is 0. The number of likely N-dealkylation sites (tertiary alicyclic amines) is 1. The van der Waals surface area contributed by atoms with Gasteiger partial charge in [0.1, 0.15) is 5.75 Å². The van der Waals surface area contributed by atoms with E-state index in [1.54, 1.807) is 12.1 Å². The molecule has 2 aromatic carbocycles. The van der Waals surface area contributed by atoms with Crippen LogP contribution in [0.5, 0.6) is 5.75 Å². The van der Waals surface area contributed by atoms with Gasteiger partial charge in [-0.1, -0.05) is 42.5 Å². The third-order valence-corrected chi connectivity index (χ3v) is 4.18. The Bertz CT molecular complexity index is 568. The van der Waals surface area contributed by atoms with E-state index in [0.29, 0.717) is 5.75 Å². The molecule has 2 aromatic rings. The molecule has 0 radical (unpaired) electrons. The number of aromatic hydroxyl groups is 1. The number of rotatable bonds is 3. The molecule has 1 aliphatic heterocycles. The molecule has 21 heavy (non-hydrogen) atoms. The third-order valence-electron chi connectivity index (χ3n) is 4.18. The Hall–Kier alpha value is -1.84. The maximum atomic E-state index is 9.53. The Morgan fingerprint density at radius 2 is 1.67 bits per heavy atom. The zero-order chi connectivity index (χ0) is 14.7. The van der Waals surface area contributed by atoms with Crippen LogP contribution in [0.25, 0.3) is 0 Å². The van der Waals surface area contributed by atoms with Crippen molar-refractivity contribution in [1.29, 1.82) is 0 Å². The van der Waals surface area contributed by atoms with Crippen molar-refractivity contribution in [2.45, 2.75) is 24.9 Å². The quantitative estimate of drug-likeness (QED) is 0.910. The van der Waals surface area contributed by atoms with Crippen molar-refractivity contribution >= 4 is 0 Å². The molecule has 0 aliphatic carbocycles. The number of nitrogens with zero attached hydrogens (tertiary/aromatic N) is 1. The molecule has 110 valence electrons. The third kappa shape index (κ3) is 3.26. The van der Waals surface area contributed by atoms with Gasteiger partial charge in [0.2, 0.25) is 0 Å². The lowest BCUT2D eigenvalue weighted by Crippen LogP contribution is -2.44. The van der Waals surface area contributed by atoms with E-state index in [2.05, 4.69) is 29.2 Å². The lowest BCUT2D eigenvalue weighted by Gasteiger charge is -2.37.